The largest absolute Gasteiger partial charge is 0.433 e. The molecule has 1 amide bonds. The van der Waals surface area contributed by atoms with E-state index in [1.54, 1.807) is 37.8 Å². The summed E-state index contributed by atoms with van der Waals surface area (Å²) >= 11 is 0. The summed E-state index contributed by atoms with van der Waals surface area (Å²) in [6.07, 6.45) is 5.81. The maximum atomic E-state index is 12.9. The molecule has 7 nitrogen and oxygen atoms in total. The Hall–Kier alpha value is -4.08. The number of nitrogens with one attached hydrogen (secondary N) is 1. The van der Waals surface area contributed by atoms with Crippen LogP contribution in [0.5, 0.6) is 0 Å². The second-order valence-electron chi connectivity index (χ2n) is 6.74. The number of pyridine rings is 2. The molecule has 0 bridgehead atoms. The van der Waals surface area contributed by atoms with Crippen LogP contribution in [0, 0.1) is 0 Å². The van der Waals surface area contributed by atoms with Gasteiger partial charge in [0.05, 0.1) is 6.54 Å². The van der Waals surface area contributed by atoms with E-state index in [1.165, 1.54) is 29.6 Å². The first-order valence-electron chi connectivity index (χ1n) is 9.35. The van der Waals surface area contributed by atoms with Gasteiger partial charge in [0.25, 0.3) is 0 Å². The van der Waals surface area contributed by atoms with Gasteiger partial charge in [-0.2, -0.15) is 13.2 Å². The second kappa shape index (κ2) is 9.82. The van der Waals surface area contributed by atoms with Crippen LogP contribution in [0.3, 0.4) is 0 Å². The van der Waals surface area contributed by atoms with Gasteiger partial charge in [-0.15, -0.1) is 0 Å². The number of alkyl halides is 3. The van der Waals surface area contributed by atoms with Gasteiger partial charge in [0.2, 0.25) is 5.91 Å². The quantitative estimate of drug-likeness (QED) is 0.558. The fraction of sp³-hybridized carbons (Fsp3) is 0.136. The van der Waals surface area contributed by atoms with E-state index in [4.69, 9.17) is 0 Å². The van der Waals surface area contributed by atoms with E-state index in [0.717, 1.165) is 23.4 Å². The predicted octanol–water partition coefficient (Wildman–Crippen LogP) is 4.05. The van der Waals surface area contributed by atoms with Crippen LogP contribution in [-0.2, 0) is 11.0 Å². The highest BCUT2D eigenvalue weighted by atomic mass is 19.4. The first kappa shape index (κ1) is 22.6. The van der Waals surface area contributed by atoms with Crippen molar-refractivity contribution in [3.63, 3.8) is 0 Å². The Labute approximate surface area is 182 Å². The monoisotopic (exact) mass is 440 g/mol. The molecule has 0 saturated carbocycles. The zero-order valence-corrected chi connectivity index (χ0v) is 17.0. The van der Waals surface area contributed by atoms with Crippen LogP contribution in [0.25, 0.3) is 16.7 Å². The minimum Gasteiger partial charge on any atom is -0.371 e. The molecule has 0 radical (unpaired) electrons. The van der Waals surface area contributed by atoms with Crippen molar-refractivity contribution in [1.29, 1.82) is 0 Å². The Morgan fingerprint density at radius 1 is 1.12 bits per heavy atom. The highest BCUT2D eigenvalue weighted by Crippen LogP contribution is 2.29. The number of anilines is 1. The standard InChI is InChI=1S/C22H19F3N6O/c1-3-15(16-6-7-28-19(8-16)22(23,24)25)12-31(2)13-21(32)30-20-5-4-17(11-29-20)18-9-26-14-27-10-18/h3-12,14H,1,13H2,2H3,(H,29,30,32)/b15-12+. The van der Waals surface area contributed by atoms with Gasteiger partial charge in [-0.25, -0.2) is 15.0 Å². The van der Waals surface area contributed by atoms with Crippen LogP contribution in [0.15, 0.2) is 74.2 Å². The number of rotatable bonds is 7. The normalized spacial score (nSPS) is 11.7. The van der Waals surface area contributed by atoms with E-state index < -0.39 is 11.9 Å². The average Bonchev–Trinajstić information content (AvgIpc) is 2.78. The Bertz CT molecular complexity index is 1110. The van der Waals surface area contributed by atoms with Gasteiger partial charge in [-0.3, -0.25) is 9.78 Å². The van der Waals surface area contributed by atoms with Gasteiger partial charge >= 0.3 is 6.18 Å². The third-order valence-electron chi connectivity index (χ3n) is 4.28. The van der Waals surface area contributed by atoms with Gasteiger partial charge in [-0.1, -0.05) is 12.7 Å². The van der Waals surface area contributed by atoms with Crippen molar-refractivity contribution in [2.45, 2.75) is 6.18 Å². The van der Waals surface area contributed by atoms with E-state index in [0.29, 0.717) is 11.4 Å². The van der Waals surface area contributed by atoms with Gasteiger partial charge in [0.15, 0.2) is 0 Å². The predicted molar refractivity (Wildman–Crippen MR) is 114 cm³/mol. The Morgan fingerprint density at radius 3 is 2.50 bits per heavy atom. The van der Waals surface area contributed by atoms with Gasteiger partial charge in [-0.05, 0) is 35.4 Å². The van der Waals surface area contributed by atoms with E-state index in [1.807, 2.05) is 0 Å². The number of carbonyl (C=O) groups excluding carboxylic acids is 1. The molecule has 0 aliphatic heterocycles. The zero-order valence-electron chi connectivity index (χ0n) is 17.0. The Morgan fingerprint density at radius 2 is 1.88 bits per heavy atom. The summed E-state index contributed by atoms with van der Waals surface area (Å²) in [5.41, 5.74) is 1.30. The molecule has 0 saturated heterocycles. The molecular weight excluding hydrogens is 421 g/mol. The van der Waals surface area contributed by atoms with Crippen molar-refractivity contribution in [3.05, 3.63) is 85.5 Å². The fourth-order valence-electron chi connectivity index (χ4n) is 2.79. The average molecular weight is 440 g/mol. The summed E-state index contributed by atoms with van der Waals surface area (Å²) < 4.78 is 38.7. The highest BCUT2D eigenvalue weighted by molar-refractivity contribution is 5.91. The third-order valence-corrected chi connectivity index (χ3v) is 4.28. The molecule has 10 heteroatoms. The molecule has 0 aromatic carbocycles. The van der Waals surface area contributed by atoms with Crippen molar-refractivity contribution in [3.8, 4) is 11.1 Å². The number of halogens is 3. The summed E-state index contributed by atoms with van der Waals surface area (Å²) in [5, 5.41) is 2.67. The lowest BCUT2D eigenvalue weighted by Gasteiger charge is -2.16. The van der Waals surface area contributed by atoms with Crippen molar-refractivity contribution in [2.75, 3.05) is 18.9 Å². The number of carbonyl (C=O) groups is 1. The van der Waals surface area contributed by atoms with E-state index in [-0.39, 0.29) is 18.0 Å². The van der Waals surface area contributed by atoms with Gasteiger partial charge in [0.1, 0.15) is 17.8 Å². The van der Waals surface area contributed by atoms with Crippen molar-refractivity contribution in [2.24, 2.45) is 0 Å². The number of likely N-dealkylation sites (N-methyl/N-ethyl adjacent to an activating group) is 1. The Balaban J connectivity index is 1.64. The van der Waals surface area contributed by atoms with Crippen LogP contribution in [-0.4, -0.2) is 44.3 Å². The number of hydrogen-bond donors (Lipinski definition) is 1. The van der Waals surface area contributed by atoms with Crippen molar-refractivity contribution >= 4 is 17.3 Å². The smallest absolute Gasteiger partial charge is 0.371 e. The summed E-state index contributed by atoms with van der Waals surface area (Å²) in [4.78, 5) is 29.3. The van der Waals surface area contributed by atoms with Crippen LogP contribution < -0.4 is 5.32 Å². The lowest BCUT2D eigenvalue weighted by molar-refractivity contribution is -0.141. The SMILES string of the molecule is C=C/C(=C\N(C)CC(=O)Nc1ccc(-c2cncnc2)cn1)c1ccnc(C(F)(F)F)c1. The molecular formula is C22H19F3N6O. The topological polar surface area (TPSA) is 83.9 Å². The Kier molecular flexibility index (Phi) is 6.93. The van der Waals surface area contributed by atoms with Crippen LogP contribution in [0.4, 0.5) is 19.0 Å². The number of aromatic nitrogens is 4. The number of hydrogen-bond acceptors (Lipinski definition) is 6. The summed E-state index contributed by atoms with van der Waals surface area (Å²) in [6.45, 7) is 3.60. The molecule has 3 heterocycles. The summed E-state index contributed by atoms with van der Waals surface area (Å²) in [6, 6.07) is 5.81. The first-order chi connectivity index (χ1) is 15.3. The molecule has 164 valence electrons. The maximum Gasteiger partial charge on any atom is 0.433 e. The lowest BCUT2D eigenvalue weighted by atomic mass is 10.1. The second-order valence-corrected chi connectivity index (χ2v) is 6.74. The molecule has 0 spiro atoms. The van der Waals surface area contributed by atoms with Gasteiger partial charge in [0, 0.05) is 49.2 Å². The molecule has 3 aromatic rings. The lowest BCUT2D eigenvalue weighted by Crippen LogP contribution is -2.27. The van der Waals surface area contributed by atoms with Crippen LogP contribution in [0.2, 0.25) is 0 Å². The number of nitrogens with zero attached hydrogens (tertiary/aromatic N) is 5. The molecule has 0 aliphatic carbocycles. The molecule has 3 rings (SSSR count). The zero-order chi connectivity index (χ0) is 23.1. The third kappa shape index (κ3) is 5.97. The minimum absolute atomic E-state index is 0.0511. The molecule has 32 heavy (non-hydrogen) atoms. The molecule has 0 atom stereocenters. The van der Waals surface area contributed by atoms with Crippen molar-refractivity contribution < 1.29 is 18.0 Å². The van der Waals surface area contributed by atoms with Crippen LogP contribution in [0.1, 0.15) is 11.3 Å². The number of allylic oxidation sites excluding steroid dienone is 2. The molecule has 0 aliphatic rings. The van der Waals surface area contributed by atoms with E-state index in [2.05, 4.69) is 31.8 Å². The molecule has 0 unspecified atom stereocenters. The van der Waals surface area contributed by atoms with Crippen LogP contribution >= 0.6 is 0 Å². The molecule has 0 fully saturated rings. The number of amides is 1. The summed E-state index contributed by atoms with van der Waals surface area (Å²) in [7, 11) is 1.63. The fourth-order valence-corrected chi connectivity index (χ4v) is 2.79. The van der Waals surface area contributed by atoms with E-state index >= 15 is 0 Å². The molecule has 1 N–H and O–H groups in total. The maximum absolute atomic E-state index is 12.9. The van der Waals surface area contributed by atoms with Gasteiger partial charge < -0.3 is 10.2 Å². The summed E-state index contributed by atoms with van der Waals surface area (Å²) in [5.74, 6) is 0.0158. The highest BCUT2D eigenvalue weighted by Gasteiger charge is 2.32. The van der Waals surface area contributed by atoms with E-state index in [9.17, 15) is 18.0 Å². The minimum atomic E-state index is -4.55. The van der Waals surface area contributed by atoms with Crippen molar-refractivity contribution in [1.82, 2.24) is 24.8 Å². The first-order valence-corrected chi connectivity index (χ1v) is 9.35. The molecule has 3 aromatic heterocycles.